The summed E-state index contributed by atoms with van der Waals surface area (Å²) in [4.78, 5) is 0. The minimum atomic E-state index is -2.22. The number of hydrogen-bond donors (Lipinski definition) is 1. The Bertz CT molecular complexity index is 482. The third kappa shape index (κ3) is 2.65. The fourth-order valence-electron chi connectivity index (χ4n) is 1.28. The van der Waals surface area contributed by atoms with Crippen LogP contribution in [-0.4, -0.2) is 0 Å². The van der Waals surface area contributed by atoms with Crippen LogP contribution in [0, 0.1) is 0 Å². The monoisotopic (exact) mass is 233 g/mol. The standard InChI is InChI=1S/C12H12NO2P/c13-10-6-8-11(9-7-10)15-16(14)12-4-2-1-3-5-12/h1-9,16H,13H2. The van der Waals surface area contributed by atoms with Gasteiger partial charge in [-0.15, -0.1) is 0 Å². The van der Waals surface area contributed by atoms with Gasteiger partial charge < -0.3 is 10.3 Å². The molecule has 0 aliphatic carbocycles. The maximum atomic E-state index is 11.8. The van der Waals surface area contributed by atoms with Gasteiger partial charge in [0.2, 0.25) is 0 Å². The minimum Gasteiger partial charge on any atom is -0.442 e. The van der Waals surface area contributed by atoms with Crippen LogP contribution in [0.5, 0.6) is 5.75 Å². The van der Waals surface area contributed by atoms with E-state index in [4.69, 9.17) is 10.3 Å². The highest BCUT2D eigenvalue weighted by Gasteiger charge is 2.03. The molecule has 0 saturated heterocycles. The van der Waals surface area contributed by atoms with Gasteiger partial charge in [-0.2, -0.15) is 0 Å². The molecule has 2 rings (SSSR count). The summed E-state index contributed by atoms with van der Waals surface area (Å²) >= 11 is 0. The fourth-order valence-corrected chi connectivity index (χ4v) is 2.21. The van der Waals surface area contributed by atoms with Crippen LogP contribution in [0.3, 0.4) is 0 Å². The van der Waals surface area contributed by atoms with E-state index in [9.17, 15) is 4.57 Å². The first-order valence-electron chi connectivity index (χ1n) is 4.88. The topological polar surface area (TPSA) is 52.3 Å². The Morgan fingerprint density at radius 1 is 0.938 bits per heavy atom. The van der Waals surface area contributed by atoms with Gasteiger partial charge >= 0.3 is 0 Å². The number of rotatable bonds is 3. The summed E-state index contributed by atoms with van der Waals surface area (Å²) in [7, 11) is -2.22. The molecule has 2 aromatic carbocycles. The lowest BCUT2D eigenvalue weighted by atomic mass is 10.3. The Morgan fingerprint density at radius 3 is 2.19 bits per heavy atom. The van der Waals surface area contributed by atoms with Gasteiger partial charge in [-0.1, -0.05) is 18.2 Å². The van der Waals surface area contributed by atoms with Crippen LogP contribution >= 0.6 is 8.03 Å². The second-order valence-electron chi connectivity index (χ2n) is 3.32. The molecule has 2 aromatic rings. The zero-order valence-corrected chi connectivity index (χ0v) is 9.59. The molecular weight excluding hydrogens is 221 g/mol. The first-order valence-corrected chi connectivity index (χ1v) is 6.20. The quantitative estimate of drug-likeness (QED) is 0.654. The molecule has 0 fully saturated rings. The SMILES string of the molecule is Nc1ccc(O[PH](=O)c2ccccc2)cc1. The summed E-state index contributed by atoms with van der Waals surface area (Å²) in [5, 5.41) is 0.712. The van der Waals surface area contributed by atoms with Crippen LogP contribution in [0.25, 0.3) is 0 Å². The number of hydrogen-bond acceptors (Lipinski definition) is 3. The maximum absolute atomic E-state index is 11.8. The molecule has 0 aliphatic rings. The van der Waals surface area contributed by atoms with Crippen molar-refractivity contribution in [2.24, 2.45) is 0 Å². The van der Waals surface area contributed by atoms with Crippen LogP contribution in [-0.2, 0) is 4.57 Å². The van der Waals surface area contributed by atoms with Gasteiger partial charge in [0.25, 0.3) is 8.03 Å². The minimum absolute atomic E-state index is 0.571. The molecule has 0 bridgehead atoms. The molecule has 82 valence electrons. The Balaban J connectivity index is 2.11. The molecule has 0 saturated carbocycles. The van der Waals surface area contributed by atoms with E-state index in [0.717, 1.165) is 0 Å². The van der Waals surface area contributed by atoms with Crippen molar-refractivity contribution >= 4 is 19.0 Å². The highest BCUT2D eigenvalue weighted by atomic mass is 31.1. The molecule has 1 unspecified atom stereocenters. The van der Waals surface area contributed by atoms with Crippen LogP contribution in [0.15, 0.2) is 54.6 Å². The number of benzene rings is 2. The number of anilines is 1. The van der Waals surface area contributed by atoms with Crippen molar-refractivity contribution in [2.75, 3.05) is 5.73 Å². The van der Waals surface area contributed by atoms with Crippen molar-refractivity contribution < 1.29 is 9.09 Å². The lowest BCUT2D eigenvalue weighted by Crippen LogP contribution is -1.98. The molecule has 4 heteroatoms. The average Bonchev–Trinajstić information content (AvgIpc) is 2.33. The Morgan fingerprint density at radius 2 is 1.56 bits per heavy atom. The molecule has 0 amide bonds. The summed E-state index contributed by atoms with van der Waals surface area (Å²) in [6.07, 6.45) is 0. The van der Waals surface area contributed by atoms with Gasteiger partial charge in [-0.25, -0.2) is 0 Å². The summed E-state index contributed by atoms with van der Waals surface area (Å²) in [6.45, 7) is 0. The molecule has 0 spiro atoms. The van der Waals surface area contributed by atoms with Gasteiger partial charge in [0.15, 0.2) is 0 Å². The van der Waals surface area contributed by atoms with Gasteiger partial charge in [0, 0.05) is 11.0 Å². The van der Waals surface area contributed by atoms with Gasteiger partial charge in [0.1, 0.15) is 5.75 Å². The smallest absolute Gasteiger partial charge is 0.265 e. The number of nitrogens with two attached hydrogens (primary N) is 1. The van der Waals surface area contributed by atoms with Crippen LogP contribution in [0.2, 0.25) is 0 Å². The van der Waals surface area contributed by atoms with Crippen LogP contribution < -0.4 is 15.6 Å². The van der Waals surface area contributed by atoms with E-state index in [1.54, 1.807) is 36.4 Å². The summed E-state index contributed by atoms with van der Waals surface area (Å²) in [5.41, 5.74) is 6.20. The second kappa shape index (κ2) is 4.86. The van der Waals surface area contributed by atoms with E-state index >= 15 is 0 Å². The molecular formula is C12H12NO2P. The molecule has 3 nitrogen and oxygen atoms in total. The lowest BCUT2D eigenvalue weighted by molar-refractivity contribution is 0.514. The van der Waals surface area contributed by atoms with Crippen molar-refractivity contribution in [3.8, 4) is 5.75 Å². The molecule has 2 N–H and O–H groups in total. The van der Waals surface area contributed by atoms with E-state index < -0.39 is 8.03 Å². The maximum Gasteiger partial charge on any atom is 0.265 e. The highest BCUT2D eigenvalue weighted by molar-refractivity contribution is 7.48. The predicted molar refractivity (Wildman–Crippen MR) is 66.6 cm³/mol. The first-order chi connectivity index (χ1) is 7.75. The van der Waals surface area contributed by atoms with E-state index in [1.165, 1.54) is 0 Å². The molecule has 16 heavy (non-hydrogen) atoms. The highest BCUT2D eigenvalue weighted by Crippen LogP contribution is 2.26. The zero-order chi connectivity index (χ0) is 11.4. The van der Waals surface area contributed by atoms with Crippen molar-refractivity contribution in [3.63, 3.8) is 0 Å². The third-order valence-corrected chi connectivity index (χ3v) is 3.33. The Hall–Kier alpha value is -1.73. The predicted octanol–water partition coefficient (Wildman–Crippen LogP) is 2.45. The van der Waals surface area contributed by atoms with E-state index in [0.29, 0.717) is 16.7 Å². The Kier molecular flexibility index (Phi) is 3.28. The molecule has 1 atom stereocenters. The van der Waals surface area contributed by atoms with Crippen LogP contribution in [0.1, 0.15) is 0 Å². The summed E-state index contributed by atoms with van der Waals surface area (Å²) < 4.78 is 17.2. The van der Waals surface area contributed by atoms with Crippen molar-refractivity contribution in [3.05, 3.63) is 54.6 Å². The van der Waals surface area contributed by atoms with E-state index in [-0.39, 0.29) is 0 Å². The molecule has 0 radical (unpaired) electrons. The molecule has 0 aliphatic heterocycles. The lowest BCUT2D eigenvalue weighted by Gasteiger charge is -2.05. The normalized spacial score (nSPS) is 12.0. The van der Waals surface area contributed by atoms with Crippen molar-refractivity contribution in [2.45, 2.75) is 0 Å². The third-order valence-electron chi connectivity index (χ3n) is 2.10. The fraction of sp³-hybridized carbons (Fsp3) is 0. The number of nitrogen functional groups attached to an aromatic ring is 1. The van der Waals surface area contributed by atoms with Crippen molar-refractivity contribution in [1.82, 2.24) is 0 Å². The summed E-state index contributed by atoms with van der Waals surface area (Å²) in [6, 6.07) is 16.0. The van der Waals surface area contributed by atoms with Crippen LogP contribution in [0.4, 0.5) is 5.69 Å². The largest absolute Gasteiger partial charge is 0.442 e. The van der Waals surface area contributed by atoms with Crippen molar-refractivity contribution in [1.29, 1.82) is 0 Å². The van der Waals surface area contributed by atoms with Gasteiger partial charge in [-0.3, -0.25) is 4.57 Å². The zero-order valence-electron chi connectivity index (χ0n) is 8.59. The average molecular weight is 233 g/mol. The first kappa shape index (κ1) is 10.8. The Labute approximate surface area is 94.7 Å². The van der Waals surface area contributed by atoms with E-state index in [1.807, 2.05) is 18.2 Å². The van der Waals surface area contributed by atoms with Gasteiger partial charge in [0.05, 0.1) is 0 Å². The van der Waals surface area contributed by atoms with Gasteiger partial charge in [-0.05, 0) is 36.4 Å². The molecule has 0 aromatic heterocycles. The van der Waals surface area contributed by atoms with E-state index in [2.05, 4.69) is 0 Å². The second-order valence-corrected chi connectivity index (χ2v) is 4.68. The summed E-state index contributed by atoms with van der Waals surface area (Å²) in [5.74, 6) is 0.571. The molecule has 0 heterocycles.